The first-order chi connectivity index (χ1) is 8.52. The number of likely N-dealkylation sites (tertiary alicyclic amines) is 1. The minimum atomic E-state index is -0.582. The Morgan fingerprint density at radius 2 is 2.26 bits per heavy atom. The Labute approximate surface area is 131 Å². The highest BCUT2D eigenvalue weighted by molar-refractivity contribution is 9.10. The number of hydrogen-bond donors (Lipinski definition) is 1. The van der Waals surface area contributed by atoms with Crippen LogP contribution in [-0.4, -0.2) is 37.0 Å². The van der Waals surface area contributed by atoms with Gasteiger partial charge in [-0.25, -0.2) is 4.39 Å². The van der Waals surface area contributed by atoms with Crippen molar-refractivity contribution in [2.24, 2.45) is 0 Å². The van der Waals surface area contributed by atoms with Gasteiger partial charge in [0.2, 0.25) is 0 Å². The molecule has 1 aliphatic heterocycles. The number of likely N-dealkylation sites (N-methyl/N-ethyl adjacent to an activating group) is 1. The third kappa shape index (κ3) is 3.60. The van der Waals surface area contributed by atoms with E-state index >= 15 is 0 Å². The van der Waals surface area contributed by atoms with E-state index in [1.807, 2.05) is 7.05 Å². The normalized spacial score (nSPS) is 18.3. The second-order valence-corrected chi connectivity index (χ2v) is 5.53. The summed E-state index contributed by atoms with van der Waals surface area (Å²) in [5, 5.41) is 3.38. The number of benzene rings is 1. The maximum Gasteiger partial charge on any atom is 0.256 e. The smallest absolute Gasteiger partial charge is 0.256 e. The zero-order valence-corrected chi connectivity index (χ0v) is 13.4. The van der Waals surface area contributed by atoms with E-state index in [0.29, 0.717) is 17.6 Å². The summed E-state index contributed by atoms with van der Waals surface area (Å²) >= 11 is 8.98. The molecule has 1 aromatic carbocycles. The summed E-state index contributed by atoms with van der Waals surface area (Å²) in [4.78, 5) is 13.8. The molecule has 0 saturated carbocycles. The van der Waals surface area contributed by atoms with Crippen LogP contribution in [0.1, 0.15) is 16.8 Å². The van der Waals surface area contributed by atoms with Crippen LogP contribution in [0.4, 0.5) is 4.39 Å². The molecule has 1 aromatic rings. The zero-order valence-electron chi connectivity index (χ0n) is 10.3. The molecular weight excluding hydrogens is 358 g/mol. The molecule has 1 unspecified atom stereocenters. The van der Waals surface area contributed by atoms with Crippen LogP contribution in [0, 0.1) is 5.82 Å². The van der Waals surface area contributed by atoms with Gasteiger partial charge in [0.1, 0.15) is 5.82 Å². The van der Waals surface area contributed by atoms with Crippen LogP contribution in [0.5, 0.6) is 0 Å². The monoisotopic (exact) mass is 370 g/mol. The number of carbonyl (C=O) groups excluding carboxylic acids is 1. The number of carbonyl (C=O) groups is 1. The standard InChI is InChI=1S/C12H13BrClFN2O.ClH/c1-16-7-2-3-17(6-7)12(18)8-4-9(13)10(14)5-11(8)15;/h4-5,7,16H,2-3,6H2,1H3;1H. The minimum Gasteiger partial charge on any atom is -0.337 e. The number of halogens is 4. The van der Waals surface area contributed by atoms with E-state index in [4.69, 9.17) is 11.6 Å². The molecule has 1 saturated heterocycles. The molecule has 1 atom stereocenters. The van der Waals surface area contributed by atoms with Crippen molar-refractivity contribution in [3.05, 3.63) is 33.0 Å². The first kappa shape index (κ1) is 16.7. The van der Waals surface area contributed by atoms with E-state index in [1.54, 1.807) is 4.90 Å². The van der Waals surface area contributed by atoms with Crippen LogP contribution in [0.3, 0.4) is 0 Å². The van der Waals surface area contributed by atoms with Gasteiger partial charge in [0, 0.05) is 23.6 Å². The molecule has 0 aliphatic carbocycles. The number of hydrogen-bond acceptors (Lipinski definition) is 2. The molecular formula is C12H14BrCl2FN2O. The van der Waals surface area contributed by atoms with Gasteiger partial charge in [-0.1, -0.05) is 11.6 Å². The molecule has 0 radical (unpaired) electrons. The summed E-state index contributed by atoms with van der Waals surface area (Å²) in [5.74, 6) is -0.872. The van der Waals surface area contributed by atoms with E-state index in [9.17, 15) is 9.18 Å². The average molecular weight is 372 g/mol. The van der Waals surface area contributed by atoms with Crippen LogP contribution in [0.15, 0.2) is 16.6 Å². The molecule has 1 amide bonds. The minimum absolute atomic E-state index is 0. The molecule has 7 heteroatoms. The van der Waals surface area contributed by atoms with Gasteiger partial charge in [0.25, 0.3) is 5.91 Å². The predicted octanol–water partition coefficient (Wildman–Crippen LogP) is 3.10. The Morgan fingerprint density at radius 1 is 1.58 bits per heavy atom. The Morgan fingerprint density at radius 3 is 2.84 bits per heavy atom. The molecule has 106 valence electrons. The van der Waals surface area contributed by atoms with E-state index < -0.39 is 5.82 Å². The highest BCUT2D eigenvalue weighted by atomic mass is 79.9. The second-order valence-electron chi connectivity index (χ2n) is 4.27. The van der Waals surface area contributed by atoms with E-state index in [2.05, 4.69) is 21.2 Å². The Hall–Kier alpha value is -0.360. The molecule has 0 aromatic heterocycles. The fourth-order valence-corrected chi connectivity index (χ4v) is 2.53. The van der Waals surface area contributed by atoms with Gasteiger partial charge in [-0.2, -0.15) is 0 Å². The van der Waals surface area contributed by atoms with E-state index in [1.165, 1.54) is 6.07 Å². The van der Waals surface area contributed by atoms with Crippen molar-refractivity contribution in [2.75, 3.05) is 20.1 Å². The summed E-state index contributed by atoms with van der Waals surface area (Å²) in [6.45, 7) is 1.25. The SMILES string of the molecule is CNC1CCN(C(=O)c2cc(Br)c(Cl)cc2F)C1.Cl. The molecule has 1 heterocycles. The predicted molar refractivity (Wildman–Crippen MR) is 79.7 cm³/mol. The van der Waals surface area contributed by atoms with Crippen molar-refractivity contribution in [3.63, 3.8) is 0 Å². The lowest BCUT2D eigenvalue weighted by molar-refractivity contribution is 0.0785. The lowest BCUT2D eigenvalue weighted by Gasteiger charge is -2.17. The van der Waals surface area contributed by atoms with Gasteiger partial charge in [-0.3, -0.25) is 4.79 Å². The van der Waals surface area contributed by atoms with Crippen molar-refractivity contribution < 1.29 is 9.18 Å². The van der Waals surface area contributed by atoms with Crippen LogP contribution in [-0.2, 0) is 0 Å². The van der Waals surface area contributed by atoms with Crippen LogP contribution < -0.4 is 5.32 Å². The molecule has 2 rings (SSSR count). The first-order valence-corrected chi connectivity index (χ1v) is 6.81. The Bertz CT molecular complexity index is 487. The molecule has 1 aliphatic rings. The van der Waals surface area contributed by atoms with Gasteiger partial charge in [-0.05, 0) is 41.5 Å². The Balaban J connectivity index is 0.00000180. The van der Waals surface area contributed by atoms with Crippen molar-refractivity contribution in [2.45, 2.75) is 12.5 Å². The summed E-state index contributed by atoms with van der Waals surface area (Å²) in [6.07, 6.45) is 0.888. The van der Waals surface area contributed by atoms with Crippen molar-refractivity contribution in [1.82, 2.24) is 10.2 Å². The maximum atomic E-state index is 13.7. The molecule has 19 heavy (non-hydrogen) atoms. The number of rotatable bonds is 2. The van der Waals surface area contributed by atoms with Gasteiger partial charge >= 0.3 is 0 Å². The van der Waals surface area contributed by atoms with Crippen molar-refractivity contribution in [3.8, 4) is 0 Å². The van der Waals surface area contributed by atoms with Gasteiger partial charge in [0.05, 0.1) is 10.6 Å². The lowest BCUT2D eigenvalue weighted by atomic mass is 10.2. The third-order valence-electron chi connectivity index (χ3n) is 3.12. The van der Waals surface area contributed by atoms with Crippen LogP contribution in [0.2, 0.25) is 5.02 Å². The largest absolute Gasteiger partial charge is 0.337 e. The number of nitrogens with zero attached hydrogens (tertiary/aromatic N) is 1. The summed E-state index contributed by atoms with van der Waals surface area (Å²) < 4.78 is 14.3. The van der Waals surface area contributed by atoms with Crippen molar-refractivity contribution >= 4 is 45.8 Å². The molecule has 0 spiro atoms. The third-order valence-corrected chi connectivity index (χ3v) is 4.32. The summed E-state index contributed by atoms with van der Waals surface area (Å²) in [5.41, 5.74) is 0.0584. The van der Waals surface area contributed by atoms with Gasteiger partial charge in [0.15, 0.2) is 0 Å². The summed E-state index contributed by atoms with van der Waals surface area (Å²) in [6, 6.07) is 2.88. The molecule has 1 fully saturated rings. The lowest BCUT2D eigenvalue weighted by Crippen LogP contribution is -2.33. The van der Waals surface area contributed by atoms with Crippen LogP contribution >= 0.6 is 39.9 Å². The summed E-state index contributed by atoms with van der Waals surface area (Å²) in [7, 11) is 1.86. The zero-order chi connectivity index (χ0) is 13.3. The van der Waals surface area contributed by atoms with E-state index in [0.717, 1.165) is 12.5 Å². The van der Waals surface area contributed by atoms with Crippen molar-refractivity contribution in [1.29, 1.82) is 0 Å². The van der Waals surface area contributed by atoms with E-state index in [-0.39, 0.29) is 34.9 Å². The fraction of sp³-hybridized carbons (Fsp3) is 0.417. The molecule has 3 nitrogen and oxygen atoms in total. The van der Waals surface area contributed by atoms with Crippen LogP contribution in [0.25, 0.3) is 0 Å². The maximum absolute atomic E-state index is 13.7. The van der Waals surface area contributed by atoms with Gasteiger partial charge in [-0.15, -0.1) is 12.4 Å². The molecule has 0 bridgehead atoms. The number of nitrogens with one attached hydrogen (secondary N) is 1. The quantitative estimate of drug-likeness (QED) is 0.810. The Kier molecular flexibility index (Phi) is 6.05. The molecule has 1 N–H and O–H groups in total. The highest BCUT2D eigenvalue weighted by Crippen LogP contribution is 2.27. The fourth-order valence-electron chi connectivity index (χ4n) is 2.04. The number of amides is 1. The first-order valence-electron chi connectivity index (χ1n) is 5.64. The average Bonchev–Trinajstić information content (AvgIpc) is 2.81. The topological polar surface area (TPSA) is 32.3 Å². The van der Waals surface area contributed by atoms with Gasteiger partial charge < -0.3 is 10.2 Å². The highest BCUT2D eigenvalue weighted by Gasteiger charge is 2.27. The second kappa shape index (κ2) is 6.88.